The molecule has 0 radical (unpaired) electrons. The fourth-order valence-corrected chi connectivity index (χ4v) is 1.78. The summed E-state index contributed by atoms with van der Waals surface area (Å²) in [4.78, 5) is 0. The molecule has 96 valence electrons. The van der Waals surface area contributed by atoms with E-state index in [9.17, 15) is 0 Å². The van der Waals surface area contributed by atoms with Crippen LogP contribution in [0.3, 0.4) is 0 Å². The molecule has 0 amide bonds. The van der Waals surface area contributed by atoms with Crippen molar-refractivity contribution in [2.24, 2.45) is 0 Å². The van der Waals surface area contributed by atoms with Gasteiger partial charge in [0, 0.05) is 11.7 Å². The Kier molecular flexibility index (Phi) is 3.41. The molecule has 0 bridgehead atoms. The zero-order chi connectivity index (χ0) is 13.1. The number of hydrogen-bond donors (Lipinski definition) is 3. The Labute approximate surface area is 107 Å². The smallest absolute Gasteiger partial charge is 0.145 e. The van der Waals surface area contributed by atoms with Gasteiger partial charge in [0.15, 0.2) is 0 Å². The molecule has 0 unspecified atom stereocenters. The van der Waals surface area contributed by atoms with Gasteiger partial charge in [0.2, 0.25) is 0 Å². The van der Waals surface area contributed by atoms with Crippen molar-refractivity contribution in [2.75, 3.05) is 16.8 Å². The Balaban J connectivity index is 2.13. The van der Waals surface area contributed by atoms with Crippen LogP contribution in [0, 0.1) is 0 Å². The maximum Gasteiger partial charge on any atom is 0.145 e. The van der Waals surface area contributed by atoms with Crippen LogP contribution >= 0.6 is 0 Å². The summed E-state index contributed by atoms with van der Waals surface area (Å²) in [7, 11) is 0. The molecule has 5 nitrogen and oxygen atoms in total. The van der Waals surface area contributed by atoms with Gasteiger partial charge in [-0.1, -0.05) is 18.2 Å². The standard InChI is InChI=1S/C13H19N5/c1-9(2)18-13(15)12(14)11(17-18)8-16-10-6-4-3-5-7-10/h3-7,9,16H,8,14-15H2,1-2H3. The largest absolute Gasteiger partial charge is 0.394 e. The van der Waals surface area contributed by atoms with Gasteiger partial charge in [0.05, 0.1) is 12.2 Å². The van der Waals surface area contributed by atoms with Crippen LogP contribution in [0.25, 0.3) is 0 Å². The van der Waals surface area contributed by atoms with Crippen molar-refractivity contribution in [3.05, 3.63) is 36.0 Å². The number of anilines is 3. The van der Waals surface area contributed by atoms with E-state index in [1.54, 1.807) is 4.68 Å². The highest BCUT2D eigenvalue weighted by molar-refractivity contribution is 5.63. The summed E-state index contributed by atoms with van der Waals surface area (Å²) >= 11 is 0. The van der Waals surface area contributed by atoms with Crippen LogP contribution in [0.4, 0.5) is 17.2 Å². The summed E-state index contributed by atoms with van der Waals surface area (Å²) in [5.41, 5.74) is 14.3. The molecule has 0 saturated carbocycles. The fraction of sp³-hybridized carbons (Fsp3) is 0.308. The minimum atomic E-state index is 0.206. The van der Waals surface area contributed by atoms with Crippen molar-refractivity contribution >= 4 is 17.2 Å². The van der Waals surface area contributed by atoms with Crippen LogP contribution in [0.15, 0.2) is 30.3 Å². The second kappa shape index (κ2) is 5.00. The third-order valence-electron chi connectivity index (χ3n) is 2.79. The SMILES string of the molecule is CC(C)n1nc(CNc2ccccc2)c(N)c1N. The molecule has 1 aromatic heterocycles. The molecule has 1 heterocycles. The number of benzene rings is 1. The molecular weight excluding hydrogens is 226 g/mol. The zero-order valence-electron chi connectivity index (χ0n) is 10.7. The summed E-state index contributed by atoms with van der Waals surface area (Å²) in [6, 6.07) is 10.1. The number of nitrogen functional groups attached to an aromatic ring is 2. The van der Waals surface area contributed by atoms with E-state index in [0.717, 1.165) is 11.4 Å². The summed E-state index contributed by atoms with van der Waals surface area (Å²) < 4.78 is 1.75. The van der Waals surface area contributed by atoms with Gasteiger partial charge in [-0.25, -0.2) is 4.68 Å². The molecule has 0 atom stereocenters. The summed E-state index contributed by atoms with van der Waals surface area (Å²) in [6.07, 6.45) is 0. The Bertz CT molecular complexity index is 516. The summed E-state index contributed by atoms with van der Waals surface area (Å²) in [5, 5.41) is 7.70. The number of aromatic nitrogens is 2. The fourth-order valence-electron chi connectivity index (χ4n) is 1.78. The van der Waals surface area contributed by atoms with Crippen LogP contribution in [0.5, 0.6) is 0 Å². The van der Waals surface area contributed by atoms with Crippen molar-refractivity contribution in [1.29, 1.82) is 0 Å². The minimum Gasteiger partial charge on any atom is -0.394 e. The minimum absolute atomic E-state index is 0.206. The Morgan fingerprint density at radius 1 is 1.22 bits per heavy atom. The first-order chi connectivity index (χ1) is 8.59. The van der Waals surface area contributed by atoms with Crippen LogP contribution in [0.1, 0.15) is 25.6 Å². The molecule has 5 N–H and O–H groups in total. The van der Waals surface area contributed by atoms with Crippen LogP contribution in [-0.4, -0.2) is 9.78 Å². The molecular formula is C13H19N5. The lowest BCUT2D eigenvalue weighted by Crippen LogP contribution is -2.07. The lowest BCUT2D eigenvalue weighted by molar-refractivity contribution is 0.535. The van der Waals surface area contributed by atoms with Gasteiger partial charge in [0.1, 0.15) is 11.5 Å². The second-order valence-electron chi connectivity index (χ2n) is 4.50. The van der Waals surface area contributed by atoms with E-state index in [2.05, 4.69) is 10.4 Å². The average molecular weight is 245 g/mol. The first-order valence-electron chi connectivity index (χ1n) is 6.01. The molecule has 0 aliphatic rings. The molecule has 2 rings (SSSR count). The zero-order valence-corrected chi connectivity index (χ0v) is 10.7. The molecule has 2 aromatic rings. The highest BCUT2D eigenvalue weighted by Crippen LogP contribution is 2.23. The maximum absolute atomic E-state index is 5.96. The van der Waals surface area contributed by atoms with E-state index in [4.69, 9.17) is 11.5 Å². The van der Waals surface area contributed by atoms with Crippen molar-refractivity contribution in [3.63, 3.8) is 0 Å². The Morgan fingerprint density at radius 3 is 2.44 bits per heavy atom. The van der Waals surface area contributed by atoms with Gasteiger partial charge >= 0.3 is 0 Å². The lowest BCUT2D eigenvalue weighted by atomic mass is 10.3. The number of nitrogens with two attached hydrogens (primary N) is 2. The van der Waals surface area contributed by atoms with Gasteiger partial charge in [-0.15, -0.1) is 0 Å². The van der Waals surface area contributed by atoms with Gasteiger partial charge < -0.3 is 16.8 Å². The predicted molar refractivity (Wildman–Crippen MR) is 75.2 cm³/mol. The molecule has 1 aromatic carbocycles. The van der Waals surface area contributed by atoms with Crippen molar-refractivity contribution in [1.82, 2.24) is 9.78 Å². The quantitative estimate of drug-likeness (QED) is 0.771. The molecule has 0 aliphatic heterocycles. The van der Waals surface area contributed by atoms with E-state index in [-0.39, 0.29) is 6.04 Å². The number of nitrogens with one attached hydrogen (secondary N) is 1. The first kappa shape index (κ1) is 12.3. The van der Waals surface area contributed by atoms with Crippen molar-refractivity contribution in [3.8, 4) is 0 Å². The van der Waals surface area contributed by atoms with Gasteiger partial charge in [-0.3, -0.25) is 0 Å². The molecule has 18 heavy (non-hydrogen) atoms. The molecule has 0 spiro atoms. The first-order valence-corrected chi connectivity index (χ1v) is 6.01. The monoisotopic (exact) mass is 245 g/mol. The summed E-state index contributed by atoms with van der Waals surface area (Å²) in [5.74, 6) is 0.537. The van der Waals surface area contributed by atoms with Crippen LogP contribution in [0.2, 0.25) is 0 Å². The highest BCUT2D eigenvalue weighted by Gasteiger charge is 2.14. The number of rotatable bonds is 4. The molecule has 5 heteroatoms. The second-order valence-corrected chi connectivity index (χ2v) is 4.50. The van der Waals surface area contributed by atoms with E-state index in [1.807, 2.05) is 44.2 Å². The third kappa shape index (κ3) is 2.40. The van der Waals surface area contributed by atoms with Crippen molar-refractivity contribution in [2.45, 2.75) is 26.4 Å². The van der Waals surface area contributed by atoms with Crippen LogP contribution in [-0.2, 0) is 6.54 Å². The van der Waals surface area contributed by atoms with Crippen molar-refractivity contribution < 1.29 is 0 Å². The van der Waals surface area contributed by atoms with Crippen LogP contribution < -0.4 is 16.8 Å². The van der Waals surface area contributed by atoms with Gasteiger partial charge in [-0.2, -0.15) is 5.10 Å². The Hall–Kier alpha value is -2.17. The highest BCUT2D eigenvalue weighted by atomic mass is 15.3. The van der Waals surface area contributed by atoms with E-state index in [1.165, 1.54) is 0 Å². The molecule has 0 fully saturated rings. The number of nitrogens with zero attached hydrogens (tertiary/aromatic N) is 2. The topological polar surface area (TPSA) is 81.9 Å². The number of hydrogen-bond acceptors (Lipinski definition) is 4. The average Bonchev–Trinajstić information content (AvgIpc) is 2.65. The molecule has 0 aliphatic carbocycles. The van der Waals surface area contributed by atoms with E-state index in [0.29, 0.717) is 18.1 Å². The summed E-state index contributed by atoms with van der Waals surface area (Å²) in [6.45, 7) is 4.62. The molecule has 0 saturated heterocycles. The lowest BCUT2D eigenvalue weighted by Gasteiger charge is -2.06. The van der Waals surface area contributed by atoms with E-state index >= 15 is 0 Å². The van der Waals surface area contributed by atoms with E-state index < -0.39 is 0 Å². The normalized spacial score (nSPS) is 10.8. The Morgan fingerprint density at radius 2 is 1.89 bits per heavy atom. The predicted octanol–water partition coefficient (Wildman–Crippen LogP) is 2.24. The maximum atomic E-state index is 5.96. The third-order valence-corrected chi connectivity index (χ3v) is 2.79. The van der Waals surface area contributed by atoms with Gasteiger partial charge in [-0.05, 0) is 26.0 Å². The number of para-hydroxylation sites is 1. The van der Waals surface area contributed by atoms with Gasteiger partial charge in [0.25, 0.3) is 0 Å².